The predicted octanol–water partition coefficient (Wildman–Crippen LogP) is 1.49. The Labute approximate surface area is 112 Å². The first-order chi connectivity index (χ1) is 9.15. The monoisotopic (exact) mass is 262 g/mol. The number of rotatable bonds is 2. The molecule has 0 amide bonds. The highest BCUT2D eigenvalue weighted by molar-refractivity contribution is 5.49. The van der Waals surface area contributed by atoms with Gasteiger partial charge in [0.25, 0.3) is 5.69 Å². The topological polar surface area (TPSA) is 71.3 Å². The van der Waals surface area contributed by atoms with Crippen molar-refractivity contribution in [2.24, 2.45) is 5.92 Å². The van der Waals surface area contributed by atoms with Crippen LogP contribution in [0.25, 0.3) is 0 Å². The number of pyridine rings is 1. The summed E-state index contributed by atoms with van der Waals surface area (Å²) in [6, 6.07) is 2.38. The third-order valence-electron chi connectivity index (χ3n) is 4.19. The minimum atomic E-state index is -0.378. The van der Waals surface area contributed by atoms with Gasteiger partial charge in [-0.05, 0) is 38.3 Å². The van der Waals surface area contributed by atoms with Gasteiger partial charge in [0, 0.05) is 24.7 Å². The molecular formula is C13H18N4O2. The smallest absolute Gasteiger partial charge is 0.290 e. The summed E-state index contributed by atoms with van der Waals surface area (Å²) in [6.45, 7) is 4.82. The van der Waals surface area contributed by atoms with Crippen molar-refractivity contribution in [1.82, 2.24) is 10.3 Å². The molecule has 2 unspecified atom stereocenters. The third kappa shape index (κ3) is 2.28. The van der Waals surface area contributed by atoms with Crippen LogP contribution in [0, 0.1) is 23.0 Å². The molecule has 1 aromatic heterocycles. The number of hydrogen-bond acceptors (Lipinski definition) is 5. The molecule has 2 fully saturated rings. The quantitative estimate of drug-likeness (QED) is 0.645. The van der Waals surface area contributed by atoms with E-state index < -0.39 is 0 Å². The minimum Gasteiger partial charge on any atom is -0.355 e. The molecule has 0 aromatic carbocycles. The Kier molecular flexibility index (Phi) is 3.10. The summed E-state index contributed by atoms with van der Waals surface area (Å²) in [5.41, 5.74) is 0.774. The van der Waals surface area contributed by atoms with Gasteiger partial charge in [0.15, 0.2) is 0 Å². The van der Waals surface area contributed by atoms with Crippen molar-refractivity contribution in [2.75, 3.05) is 24.5 Å². The highest BCUT2D eigenvalue weighted by Crippen LogP contribution is 2.29. The lowest BCUT2D eigenvalue weighted by molar-refractivity contribution is -0.385. The highest BCUT2D eigenvalue weighted by Gasteiger charge is 2.34. The number of fused-ring (bicyclic) bond motifs is 1. The van der Waals surface area contributed by atoms with E-state index in [4.69, 9.17) is 0 Å². The number of nitrogens with one attached hydrogen (secondary N) is 1. The number of nitro groups is 1. The van der Waals surface area contributed by atoms with Gasteiger partial charge in [0.1, 0.15) is 12.0 Å². The zero-order chi connectivity index (χ0) is 13.4. The second-order valence-electron chi connectivity index (χ2n) is 5.45. The molecular weight excluding hydrogens is 244 g/mol. The molecule has 19 heavy (non-hydrogen) atoms. The summed E-state index contributed by atoms with van der Waals surface area (Å²) in [4.78, 5) is 16.9. The largest absolute Gasteiger partial charge is 0.355 e. The lowest BCUT2D eigenvalue weighted by Gasteiger charge is -2.24. The van der Waals surface area contributed by atoms with E-state index in [1.807, 2.05) is 6.07 Å². The van der Waals surface area contributed by atoms with E-state index in [0.29, 0.717) is 17.5 Å². The summed E-state index contributed by atoms with van der Waals surface area (Å²) in [5, 5.41) is 14.3. The van der Waals surface area contributed by atoms with Gasteiger partial charge in [-0.15, -0.1) is 0 Å². The first-order valence-corrected chi connectivity index (χ1v) is 6.74. The van der Waals surface area contributed by atoms with Crippen molar-refractivity contribution in [1.29, 1.82) is 0 Å². The SMILES string of the molecule is Cc1cc(N2CC3CCCNC3C2)ncc1[N+](=O)[O-]. The van der Waals surface area contributed by atoms with Gasteiger partial charge in [0.2, 0.25) is 0 Å². The van der Waals surface area contributed by atoms with Crippen LogP contribution in [0.3, 0.4) is 0 Å². The molecule has 2 aliphatic heterocycles. The molecule has 0 aliphatic carbocycles. The van der Waals surface area contributed by atoms with Crippen LogP contribution in [0.5, 0.6) is 0 Å². The molecule has 2 saturated heterocycles. The molecule has 6 nitrogen and oxygen atoms in total. The molecule has 3 rings (SSSR count). The summed E-state index contributed by atoms with van der Waals surface area (Å²) >= 11 is 0. The highest BCUT2D eigenvalue weighted by atomic mass is 16.6. The molecule has 1 N–H and O–H groups in total. The van der Waals surface area contributed by atoms with Crippen LogP contribution in [0.4, 0.5) is 11.5 Å². The minimum absolute atomic E-state index is 0.0958. The van der Waals surface area contributed by atoms with Crippen LogP contribution in [0.1, 0.15) is 18.4 Å². The van der Waals surface area contributed by atoms with Gasteiger partial charge >= 0.3 is 0 Å². The number of nitrogens with zero attached hydrogens (tertiary/aromatic N) is 3. The molecule has 0 bridgehead atoms. The number of aromatic nitrogens is 1. The molecule has 0 spiro atoms. The van der Waals surface area contributed by atoms with E-state index in [-0.39, 0.29) is 10.6 Å². The van der Waals surface area contributed by atoms with E-state index in [9.17, 15) is 10.1 Å². The molecule has 3 heterocycles. The summed E-state index contributed by atoms with van der Waals surface area (Å²) in [5.74, 6) is 1.55. The maximum absolute atomic E-state index is 10.8. The zero-order valence-electron chi connectivity index (χ0n) is 11.0. The fourth-order valence-corrected chi connectivity index (χ4v) is 3.13. The van der Waals surface area contributed by atoms with Gasteiger partial charge in [-0.3, -0.25) is 10.1 Å². The van der Waals surface area contributed by atoms with E-state index in [0.717, 1.165) is 25.5 Å². The average molecular weight is 262 g/mol. The van der Waals surface area contributed by atoms with E-state index >= 15 is 0 Å². The number of anilines is 1. The maximum Gasteiger partial charge on any atom is 0.290 e. The molecule has 6 heteroatoms. The van der Waals surface area contributed by atoms with Crippen molar-refractivity contribution in [3.05, 3.63) is 27.9 Å². The Morgan fingerprint density at radius 1 is 1.53 bits per heavy atom. The number of aryl methyl sites for hydroxylation is 1. The molecule has 2 atom stereocenters. The lowest BCUT2D eigenvalue weighted by Crippen LogP contribution is -2.40. The van der Waals surface area contributed by atoms with Gasteiger partial charge in [-0.1, -0.05) is 0 Å². The Morgan fingerprint density at radius 2 is 2.37 bits per heavy atom. The Bertz CT molecular complexity index is 491. The molecule has 2 aliphatic rings. The lowest BCUT2D eigenvalue weighted by atomic mass is 9.94. The fraction of sp³-hybridized carbons (Fsp3) is 0.615. The third-order valence-corrected chi connectivity index (χ3v) is 4.19. The van der Waals surface area contributed by atoms with Crippen molar-refractivity contribution >= 4 is 11.5 Å². The summed E-state index contributed by atoms with van der Waals surface area (Å²) < 4.78 is 0. The molecule has 1 aromatic rings. The summed E-state index contributed by atoms with van der Waals surface area (Å²) in [6.07, 6.45) is 3.88. The molecule has 102 valence electrons. The van der Waals surface area contributed by atoms with Crippen LogP contribution >= 0.6 is 0 Å². The van der Waals surface area contributed by atoms with Gasteiger partial charge < -0.3 is 10.2 Å². The van der Waals surface area contributed by atoms with Crippen LogP contribution in [0.2, 0.25) is 0 Å². The average Bonchev–Trinajstić information content (AvgIpc) is 2.81. The fourth-order valence-electron chi connectivity index (χ4n) is 3.13. The van der Waals surface area contributed by atoms with Crippen molar-refractivity contribution < 1.29 is 4.92 Å². The standard InChI is InChI=1S/C13H18N4O2/c1-9-5-13(15-6-12(9)17(18)19)16-7-10-3-2-4-14-11(10)8-16/h5-6,10-11,14H,2-4,7-8H2,1H3. The zero-order valence-corrected chi connectivity index (χ0v) is 11.0. The van der Waals surface area contributed by atoms with Gasteiger partial charge in [-0.2, -0.15) is 0 Å². The summed E-state index contributed by atoms with van der Waals surface area (Å²) in [7, 11) is 0. The first-order valence-electron chi connectivity index (χ1n) is 6.74. The number of piperidine rings is 1. The van der Waals surface area contributed by atoms with Gasteiger partial charge in [0.05, 0.1) is 4.92 Å². The molecule has 0 saturated carbocycles. The van der Waals surface area contributed by atoms with Crippen molar-refractivity contribution in [3.63, 3.8) is 0 Å². The van der Waals surface area contributed by atoms with E-state index in [1.165, 1.54) is 19.0 Å². The van der Waals surface area contributed by atoms with Crippen LogP contribution in [-0.4, -0.2) is 35.6 Å². The van der Waals surface area contributed by atoms with Gasteiger partial charge in [-0.25, -0.2) is 4.98 Å². The normalized spacial score (nSPS) is 26.3. The van der Waals surface area contributed by atoms with E-state index in [1.54, 1.807) is 6.92 Å². The molecule has 0 radical (unpaired) electrons. The van der Waals surface area contributed by atoms with Crippen LogP contribution in [0.15, 0.2) is 12.3 Å². The second kappa shape index (κ2) is 4.77. The second-order valence-corrected chi connectivity index (χ2v) is 5.45. The maximum atomic E-state index is 10.8. The van der Waals surface area contributed by atoms with Crippen molar-refractivity contribution in [3.8, 4) is 0 Å². The Hall–Kier alpha value is -1.69. The predicted molar refractivity (Wildman–Crippen MR) is 72.4 cm³/mol. The number of hydrogen-bond donors (Lipinski definition) is 1. The van der Waals surface area contributed by atoms with Crippen molar-refractivity contribution in [2.45, 2.75) is 25.8 Å². The first kappa shape index (κ1) is 12.3. The Morgan fingerprint density at radius 3 is 3.05 bits per heavy atom. The Balaban J connectivity index is 1.80. The van der Waals surface area contributed by atoms with E-state index in [2.05, 4.69) is 15.2 Å². The van der Waals surface area contributed by atoms with Crippen LogP contribution < -0.4 is 10.2 Å². The van der Waals surface area contributed by atoms with Crippen LogP contribution in [-0.2, 0) is 0 Å².